The molecule has 0 unspecified atom stereocenters. The van der Waals surface area contributed by atoms with Crippen molar-refractivity contribution in [1.82, 2.24) is 4.90 Å². The first-order chi connectivity index (χ1) is 13.0. The van der Waals surface area contributed by atoms with E-state index in [1.807, 2.05) is 0 Å². The van der Waals surface area contributed by atoms with Crippen LogP contribution in [0.3, 0.4) is 0 Å². The zero-order valence-electron chi connectivity index (χ0n) is 15.3. The Labute approximate surface area is 161 Å². The number of amides is 1. The summed E-state index contributed by atoms with van der Waals surface area (Å²) in [5, 5.41) is 0. The van der Waals surface area contributed by atoms with Crippen LogP contribution in [0, 0.1) is 0 Å². The zero-order chi connectivity index (χ0) is 20.7. The topological polar surface area (TPSA) is 57.7 Å². The molecule has 0 saturated heterocycles. The van der Waals surface area contributed by atoms with Crippen molar-refractivity contribution in [2.45, 2.75) is 19.1 Å². The smallest absolute Gasteiger partial charge is 0.337 e. The maximum absolute atomic E-state index is 12.7. The zero-order valence-corrected chi connectivity index (χ0v) is 16.1. The lowest BCUT2D eigenvalue weighted by atomic mass is 10.1. The molecule has 5 nitrogen and oxygen atoms in total. The number of nitrogens with zero attached hydrogens (tertiary/aromatic N) is 2. The molecule has 9 heteroatoms. The van der Waals surface area contributed by atoms with Crippen molar-refractivity contribution >= 4 is 21.6 Å². The van der Waals surface area contributed by atoms with Crippen LogP contribution >= 0.6 is 0 Å². The molecule has 0 aliphatic carbocycles. The van der Waals surface area contributed by atoms with E-state index >= 15 is 0 Å². The number of carbonyl (C=O) groups is 1. The van der Waals surface area contributed by atoms with Gasteiger partial charge in [0.25, 0.3) is 5.91 Å². The predicted molar refractivity (Wildman–Crippen MR) is 99.6 cm³/mol. The van der Waals surface area contributed by atoms with Crippen molar-refractivity contribution in [1.29, 1.82) is 0 Å². The maximum Gasteiger partial charge on any atom is 0.416 e. The fourth-order valence-electron chi connectivity index (χ4n) is 3.21. The minimum Gasteiger partial charge on any atom is -0.337 e. The molecule has 0 spiro atoms. The van der Waals surface area contributed by atoms with Gasteiger partial charge in [-0.05, 0) is 47.9 Å². The van der Waals surface area contributed by atoms with Crippen LogP contribution in [0.1, 0.15) is 27.0 Å². The Kier molecular flexibility index (Phi) is 5.14. The van der Waals surface area contributed by atoms with Crippen molar-refractivity contribution in [3.8, 4) is 0 Å². The Morgan fingerprint density at radius 3 is 2.36 bits per heavy atom. The quantitative estimate of drug-likeness (QED) is 0.774. The van der Waals surface area contributed by atoms with Crippen molar-refractivity contribution < 1.29 is 26.4 Å². The molecule has 1 amide bonds. The lowest BCUT2D eigenvalue weighted by Gasteiger charge is -2.19. The molecule has 2 aromatic carbocycles. The maximum atomic E-state index is 12.7. The van der Waals surface area contributed by atoms with Gasteiger partial charge in [0.1, 0.15) is 0 Å². The Bertz CT molecular complexity index is 1000. The number of alkyl halides is 3. The molecule has 1 aliphatic heterocycles. The standard InChI is InChI=1S/C19H19F3N2O3S/c1-23(12-13-3-6-16(7-4-13)19(20,21)22)18(25)15-5-8-17-14(11-15)9-10-24(17)28(2,26)27/h3-8,11H,9-10,12H2,1-2H3. The summed E-state index contributed by atoms with van der Waals surface area (Å²) in [5.74, 6) is -0.291. The Morgan fingerprint density at radius 2 is 1.79 bits per heavy atom. The van der Waals surface area contributed by atoms with E-state index in [-0.39, 0.29) is 12.5 Å². The van der Waals surface area contributed by atoms with Gasteiger partial charge in [0.05, 0.1) is 17.5 Å². The first kappa shape index (κ1) is 20.2. The van der Waals surface area contributed by atoms with Crippen LogP contribution in [0.5, 0.6) is 0 Å². The van der Waals surface area contributed by atoms with Gasteiger partial charge in [0.15, 0.2) is 0 Å². The molecule has 0 bridgehead atoms. The second-order valence-corrected chi connectivity index (χ2v) is 8.69. The van der Waals surface area contributed by atoms with Gasteiger partial charge in [-0.2, -0.15) is 13.2 Å². The number of benzene rings is 2. The van der Waals surface area contributed by atoms with E-state index in [1.54, 1.807) is 25.2 Å². The molecule has 150 valence electrons. The van der Waals surface area contributed by atoms with E-state index in [9.17, 15) is 26.4 Å². The molecule has 0 N–H and O–H groups in total. The lowest BCUT2D eigenvalue weighted by molar-refractivity contribution is -0.137. The van der Waals surface area contributed by atoms with E-state index in [0.29, 0.717) is 29.8 Å². The molecule has 1 aliphatic rings. The summed E-state index contributed by atoms with van der Waals surface area (Å²) in [6.07, 6.45) is -2.74. The molecule has 0 aromatic heterocycles. The molecule has 0 fully saturated rings. The van der Waals surface area contributed by atoms with Crippen LogP contribution < -0.4 is 4.31 Å². The molecular weight excluding hydrogens is 393 g/mol. The highest BCUT2D eigenvalue weighted by Crippen LogP contribution is 2.31. The summed E-state index contributed by atoms with van der Waals surface area (Å²) >= 11 is 0. The fourth-order valence-corrected chi connectivity index (χ4v) is 4.17. The number of anilines is 1. The Morgan fingerprint density at radius 1 is 1.14 bits per heavy atom. The average molecular weight is 412 g/mol. The van der Waals surface area contributed by atoms with Crippen LogP contribution in [0.4, 0.5) is 18.9 Å². The van der Waals surface area contributed by atoms with Gasteiger partial charge in [0.2, 0.25) is 10.0 Å². The average Bonchev–Trinajstić information content (AvgIpc) is 3.04. The van der Waals surface area contributed by atoms with Crippen LogP contribution in [-0.4, -0.2) is 39.1 Å². The van der Waals surface area contributed by atoms with Crippen LogP contribution in [0.2, 0.25) is 0 Å². The largest absolute Gasteiger partial charge is 0.416 e. The molecule has 0 atom stereocenters. The monoisotopic (exact) mass is 412 g/mol. The van der Waals surface area contributed by atoms with Gasteiger partial charge in [-0.25, -0.2) is 8.42 Å². The third kappa shape index (κ3) is 4.14. The lowest BCUT2D eigenvalue weighted by Crippen LogP contribution is -2.28. The highest BCUT2D eigenvalue weighted by molar-refractivity contribution is 7.92. The van der Waals surface area contributed by atoms with Crippen LogP contribution in [0.25, 0.3) is 0 Å². The summed E-state index contributed by atoms with van der Waals surface area (Å²) in [4.78, 5) is 14.1. The van der Waals surface area contributed by atoms with Gasteiger partial charge in [0, 0.05) is 25.7 Å². The minimum atomic E-state index is -4.40. The molecule has 0 saturated carbocycles. The highest BCUT2D eigenvalue weighted by atomic mass is 32.2. The summed E-state index contributed by atoms with van der Waals surface area (Å²) < 4.78 is 62.8. The molecule has 0 radical (unpaired) electrons. The number of rotatable bonds is 4. The predicted octanol–water partition coefficient (Wildman–Crippen LogP) is 3.30. The number of hydrogen-bond donors (Lipinski definition) is 0. The first-order valence-electron chi connectivity index (χ1n) is 8.49. The number of sulfonamides is 1. The van der Waals surface area contributed by atoms with Crippen LogP contribution in [-0.2, 0) is 29.2 Å². The van der Waals surface area contributed by atoms with Crippen LogP contribution in [0.15, 0.2) is 42.5 Å². The fraction of sp³-hybridized carbons (Fsp3) is 0.316. The molecule has 1 heterocycles. The van der Waals surface area contributed by atoms with Gasteiger partial charge >= 0.3 is 6.18 Å². The summed E-state index contributed by atoms with van der Waals surface area (Å²) in [7, 11) is -1.80. The second-order valence-electron chi connectivity index (χ2n) is 6.78. The third-order valence-corrected chi connectivity index (χ3v) is 5.81. The molecule has 2 aromatic rings. The summed E-state index contributed by atoms with van der Waals surface area (Å²) in [6, 6.07) is 9.52. The van der Waals surface area contributed by atoms with Gasteiger partial charge in [-0.3, -0.25) is 9.10 Å². The van der Waals surface area contributed by atoms with E-state index in [0.717, 1.165) is 24.0 Å². The normalized spacial score (nSPS) is 14.1. The SMILES string of the molecule is CN(Cc1ccc(C(F)(F)F)cc1)C(=O)c1ccc2c(c1)CCN2S(C)(=O)=O. The van der Waals surface area contributed by atoms with E-state index < -0.39 is 21.8 Å². The van der Waals surface area contributed by atoms with Crippen molar-refractivity contribution in [3.05, 3.63) is 64.7 Å². The third-order valence-electron chi connectivity index (χ3n) is 4.63. The van der Waals surface area contributed by atoms with Gasteiger partial charge < -0.3 is 4.90 Å². The van der Waals surface area contributed by atoms with E-state index in [2.05, 4.69) is 0 Å². The molecule has 28 heavy (non-hydrogen) atoms. The minimum absolute atomic E-state index is 0.156. The van der Waals surface area contributed by atoms with E-state index in [4.69, 9.17) is 0 Å². The number of fused-ring (bicyclic) bond motifs is 1. The second kappa shape index (κ2) is 7.12. The van der Waals surface area contributed by atoms with Gasteiger partial charge in [-0.1, -0.05) is 12.1 Å². The number of carbonyl (C=O) groups excluding carboxylic acids is 1. The van der Waals surface area contributed by atoms with Gasteiger partial charge in [-0.15, -0.1) is 0 Å². The molecular formula is C19H19F3N2O3S. The Balaban J connectivity index is 1.74. The molecule has 3 rings (SSSR count). The van der Waals surface area contributed by atoms with E-state index in [1.165, 1.54) is 21.3 Å². The number of hydrogen-bond acceptors (Lipinski definition) is 3. The summed E-state index contributed by atoms with van der Waals surface area (Å²) in [6.45, 7) is 0.497. The van der Waals surface area contributed by atoms with Crippen molar-refractivity contribution in [3.63, 3.8) is 0 Å². The first-order valence-corrected chi connectivity index (χ1v) is 10.3. The highest BCUT2D eigenvalue weighted by Gasteiger charge is 2.30. The van der Waals surface area contributed by atoms with Crippen molar-refractivity contribution in [2.24, 2.45) is 0 Å². The number of halogens is 3. The summed E-state index contributed by atoms with van der Waals surface area (Å²) in [5.41, 5.74) is 1.60. The van der Waals surface area contributed by atoms with Crippen molar-refractivity contribution in [2.75, 3.05) is 24.2 Å². The Hall–Kier alpha value is -2.55.